The Morgan fingerprint density at radius 2 is 2.00 bits per heavy atom. The zero-order valence-corrected chi connectivity index (χ0v) is 14.1. The first-order chi connectivity index (χ1) is 11.4. The molecule has 1 aliphatic rings. The fraction of sp³-hybridized carbons (Fsp3) is 0.688. The molecule has 8 heteroatoms. The number of rotatable bonds is 6. The first-order valence-corrected chi connectivity index (χ1v) is 8.20. The topological polar surface area (TPSA) is 52.8 Å². The van der Waals surface area contributed by atoms with Gasteiger partial charge >= 0.3 is 6.18 Å². The standard InChI is InChI=1S/C16H25F3N4O/c1-12-5-6-14(24-12)13(23-9-3-4-10-23)11-22-15(20-2)21-8-7-16(17,18)19/h5-6,13H,3-4,7-11H2,1-2H3,(H2,20,21,22). The third kappa shape index (κ3) is 5.74. The lowest BCUT2D eigenvalue weighted by molar-refractivity contribution is -0.132. The molecule has 0 spiro atoms. The van der Waals surface area contributed by atoms with Crippen LogP contribution in [-0.4, -0.2) is 50.3 Å². The van der Waals surface area contributed by atoms with Gasteiger partial charge in [0.1, 0.15) is 11.5 Å². The van der Waals surface area contributed by atoms with Gasteiger partial charge in [0.05, 0.1) is 12.5 Å². The molecule has 2 N–H and O–H groups in total. The van der Waals surface area contributed by atoms with Crippen molar-refractivity contribution in [3.8, 4) is 0 Å². The monoisotopic (exact) mass is 346 g/mol. The van der Waals surface area contributed by atoms with Gasteiger partial charge in [-0.15, -0.1) is 0 Å². The Hall–Kier alpha value is -1.70. The minimum absolute atomic E-state index is 0.0439. The van der Waals surface area contributed by atoms with E-state index in [9.17, 15) is 13.2 Å². The van der Waals surface area contributed by atoms with Crippen LogP contribution in [0.4, 0.5) is 13.2 Å². The summed E-state index contributed by atoms with van der Waals surface area (Å²) in [6.07, 6.45) is -2.76. The molecule has 1 saturated heterocycles. The summed E-state index contributed by atoms with van der Waals surface area (Å²) in [5, 5.41) is 5.81. The Morgan fingerprint density at radius 3 is 2.54 bits per heavy atom. The number of hydrogen-bond acceptors (Lipinski definition) is 3. The van der Waals surface area contributed by atoms with E-state index >= 15 is 0 Å². The van der Waals surface area contributed by atoms with Gasteiger partial charge in [0.15, 0.2) is 5.96 Å². The van der Waals surface area contributed by atoms with Gasteiger partial charge in [-0.25, -0.2) is 0 Å². The van der Waals surface area contributed by atoms with Crippen LogP contribution < -0.4 is 10.6 Å². The van der Waals surface area contributed by atoms with Crippen LogP contribution in [0.1, 0.15) is 36.8 Å². The van der Waals surface area contributed by atoms with Crippen LogP contribution in [0, 0.1) is 6.92 Å². The average molecular weight is 346 g/mol. The normalized spacial score (nSPS) is 18.0. The third-order valence-corrected chi connectivity index (χ3v) is 4.06. The minimum atomic E-state index is -4.17. The van der Waals surface area contributed by atoms with Gasteiger partial charge in [-0.05, 0) is 45.0 Å². The number of furan rings is 1. The number of alkyl halides is 3. The Morgan fingerprint density at radius 1 is 1.29 bits per heavy atom. The largest absolute Gasteiger partial charge is 0.465 e. The molecule has 1 fully saturated rings. The second-order valence-electron chi connectivity index (χ2n) is 5.95. The van der Waals surface area contributed by atoms with Crippen LogP contribution >= 0.6 is 0 Å². The van der Waals surface area contributed by atoms with E-state index < -0.39 is 12.6 Å². The first-order valence-electron chi connectivity index (χ1n) is 8.20. The van der Waals surface area contributed by atoms with Crippen LogP contribution in [0.5, 0.6) is 0 Å². The van der Waals surface area contributed by atoms with Crippen molar-refractivity contribution in [2.24, 2.45) is 4.99 Å². The van der Waals surface area contributed by atoms with Gasteiger partial charge in [-0.1, -0.05) is 0 Å². The zero-order valence-electron chi connectivity index (χ0n) is 14.1. The lowest BCUT2D eigenvalue weighted by Crippen LogP contribution is -2.43. The quantitative estimate of drug-likeness (QED) is 0.614. The van der Waals surface area contributed by atoms with E-state index in [1.54, 1.807) is 7.05 Å². The van der Waals surface area contributed by atoms with Gasteiger partial charge in [-0.3, -0.25) is 9.89 Å². The highest BCUT2D eigenvalue weighted by molar-refractivity contribution is 5.79. The van der Waals surface area contributed by atoms with Crippen LogP contribution in [0.25, 0.3) is 0 Å². The molecule has 2 rings (SSSR count). The van der Waals surface area contributed by atoms with Gasteiger partial charge in [0, 0.05) is 20.1 Å². The lowest BCUT2D eigenvalue weighted by Gasteiger charge is -2.26. The molecule has 1 atom stereocenters. The Labute approximate surface area is 140 Å². The van der Waals surface area contributed by atoms with Gasteiger partial charge in [-0.2, -0.15) is 13.2 Å². The summed E-state index contributed by atoms with van der Waals surface area (Å²) in [5.41, 5.74) is 0. The maximum absolute atomic E-state index is 12.2. The molecule has 0 amide bonds. The first kappa shape index (κ1) is 18.6. The van der Waals surface area contributed by atoms with Crippen LogP contribution in [-0.2, 0) is 0 Å². The van der Waals surface area contributed by atoms with Crippen LogP contribution in [0.2, 0.25) is 0 Å². The highest BCUT2D eigenvalue weighted by Crippen LogP contribution is 2.26. The molecule has 1 aromatic heterocycles. The van der Waals surface area contributed by atoms with E-state index in [2.05, 4.69) is 20.5 Å². The maximum Gasteiger partial charge on any atom is 0.390 e. The Balaban J connectivity index is 1.91. The summed E-state index contributed by atoms with van der Waals surface area (Å²) < 4.78 is 42.5. The zero-order chi connectivity index (χ0) is 17.6. The summed E-state index contributed by atoms with van der Waals surface area (Å²) in [5.74, 6) is 2.08. The van der Waals surface area contributed by atoms with Crippen molar-refractivity contribution in [1.29, 1.82) is 0 Å². The van der Waals surface area contributed by atoms with Crippen molar-refractivity contribution in [3.05, 3.63) is 23.7 Å². The molecule has 0 bridgehead atoms. The van der Waals surface area contributed by atoms with E-state index in [1.165, 1.54) is 0 Å². The molecule has 1 aliphatic heterocycles. The molecule has 1 aromatic rings. The molecular formula is C16H25F3N4O. The summed E-state index contributed by atoms with van der Waals surface area (Å²) in [6.45, 7) is 4.21. The number of guanidine groups is 1. The fourth-order valence-electron chi connectivity index (χ4n) is 2.83. The fourth-order valence-corrected chi connectivity index (χ4v) is 2.83. The van der Waals surface area contributed by atoms with Crippen LogP contribution in [0.15, 0.2) is 21.5 Å². The molecule has 1 unspecified atom stereocenters. The third-order valence-electron chi connectivity index (χ3n) is 4.06. The molecule has 0 aromatic carbocycles. The van der Waals surface area contributed by atoms with E-state index in [-0.39, 0.29) is 12.6 Å². The number of nitrogens with zero attached hydrogens (tertiary/aromatic N) is 2. The van der Waals surface area contributed by atoms with Crippen molar-refractivity contribution in [3.63, 3.8) is 0 Å². The molecule has 2 heterocycles. The number of likely N-dealkylation sites (tertiary alicyclic amines) is 1. The van der Waals surface area contributed by atoms with Gasteiger partial charge in [0.2, 0.25) is 0 Å². The average Bonchev–Trinajstić information content (AvgIpc) is 3.16. The smallest absolute Gasteiger partial charge is 0.390 e. The Kier molecular flexibility index (Phi) is 6.53. The second kappa shape index (κ2) is 8.41. The molecule has 0 aliphatic carbocycles. The Bertz CT molecular complexity index is 536. The number of aliphatic imine (C=N–C) groups is 1. The van der Waals surface area contributed by atoms with Crippen molar-refractivity contribution in [2.75, 3.05) is 33.2 Å². The van der Waals surface area contributed by atoms with Crippen molar-refractivity contribution in [2.45, 2.75) is 38.4 Å². The number of halogens is 3. The second-order valence-corrected chi connectivity index (χ2v) is 5.95. The van der Waals surface area contributed by atoms with Crippen molar-refractivity contribution >= 4 is 5.96 Å². The summed E-state index contributed by atoms with van der Waals surface area (Å²) in [4.78, 5) is 6.31. The molecule has 24 heavy (non-hydrogen) atoms. The van der Waals surface area contributed by atoms with E-state index in [0.717, 1.165) is 37.5 Å². The van der Waals surface area contributed by atoms with E-state index in [4.69, 9.17) is 4.42 Å². The summed E-state index contributed by atoms with van der Waals surface area (Å²) >= 11 is 0. The highest BCUT2D eigenvalue weighted by atomic mass is 19.4. The molecule has 0 saturated carbocycles. The van der Waals surface area contributed by atoms with E-state index in [1.807, 2.05) is 19.1 Å². The van der Waals surface area contributed by atoms with Crippen LogP contribution in [0.3, 0.4) is 0 Å². The highest BCUT2D eigenvalue weighted by Gasteiger charge is 2.27. The molecule has 0 radical (unpaired) electrons. The summed E-state index contributed by atoms with van der Waals surface area (Å²) in [6, 6.07) is 3.93. The number of nitrogens with one attached hydrogen (secondary N) is 2. The van der Waals surface area contributed by atoms with E-state index in [0.29, 0.717) is 12.5 Å². The van der Waals surface area contributed by atoms with Crippen molar-refractivity contribution < 1.29 is 17.6 Å². The lowest BCUT2D eigenvalue weighted by atomic mass is 10.2. The van der Waals surface area contributed by atoms with Gasteiger partial charge in [0.25, 0.3) is 0 Å². The maximum atomic E-state index is 12.2. The predicted octanol–water partition coefficient (Wildman–Crippen LogP) is 2.84. The molecule has 5 nitrogen and oxygen atoms in total. The summed E-state index contributed by atoms with van der Waals surface area (Å²) in [7, 11) is 1.55. The predicted molar refractivity (Wildman–Crippen MR) is 87.0 cm³/mol. The minimum Gasteiger partial charge on any atom is -0.465 e. The molecular weight excluding hydrogens is 321 g/mol. The van der Waals surface area contributed by atoms with Crippen molar-refractivity contribution in [1.82, 2.24) is 15.5 Å². The van der Waals surface area contributed by atoms with Gasteiger partial charge < -0.3 is 15.1 Å². The molecule has 136 valence electrons. The number of hydrogen-bond donors (Lipinski definition) is 2. The SMILES string of the molecule is CN=C(NCCC(F)(F)F)NCC(c1ccc(C)o1)N1CCCC1. The number of aryl methyl sites for hydroxylation is 1.